The minimum absolute atomic E-state index is 0.230. The molecule has 0 N–H and O–H groups in total. The lowest BCUT2D eigenvalue weighted by Crippen LogP contribution is -2.09. The number of hydrogen-bond donors (Lipinski definition) is 0. The van der Waals surface area contributed by atoms with Gasteiger partial charge < -0.3 is 4.57 Å². The van der Waals surface area contributed by atoms with Crippen LogP contribution in [0.15, 0.2) is 61.6 Å². The Morgan fingerprint density at radius 2 is 1.79 bits per heavy atom. The zero-order valence-electron chi connectivity index (χ0n) is 15.5. The summed E-state index contributed by atoms with van der Waals surface area (Å²) in [4.78, 5) is 21.6. The fourth-order valence-corrected chi connectivity index (χ4v) is 3.22. The first-order valence-electron chi connectivity index (χ1n) is 9.13. The van der Waals surface area contributed by atoms with Crippen LogP contribution in [0.2, 0.25) is 0 Å². The molecule has 4 aromatic heterocycles. The normalized spacial score (nSPS) is 10.9. The molecule has 0 spiro atoms. The van der Waals surface area contributed by atoms with Gasteiger partial charge in [0, 0.05) is 42.1 Å². The van der Waals surface area contributed by atoms with Gasteiger partial charge in [-0.25, -0.2) is 24.3 Å². The summed E-state index contributed by atoms with van der Waals surface area (Å²) in [7, 11) is 0. The van der Waals surface area contributed by atoms with Gasteiger partial charge in [-0.1, -0.05) is 13.3 Å². The topological polar surface area (TPSA) is 69.4 Å². The lowest BCUT2D eigenvalue weighted by Gasteiger charge is -2.14. The van der Waals surface area contributed by atoms with E-state index in [2.05, 4.69) is 31.8 Å². The number of nitrogens with zero attached hydrogens (tertiary/aromatic N) is 6. The Balaban J connectivity index is 1.76. The maximum Gasteiger partial charge on any atom is 0.162 e. The average molecular weight is 374 g/mol. The number of halogens is 1. The minimum atomic E-state index is -0.399. The van der Waals surface area contributed by atoms with Gasteiger partial charge in [0.05, 0.1) is 17.9 Å². The lowest BCUT2D eigenvalue weighted by molar-refractivity contribution is 0.621. The summed E-state index contributed by atoms with van der Waals surface area (Å²) >= 11 is 0. The van der Waals surface area contributed by atoms with Crippen molar-refractivity contribution < 1.29 is 4.39 Å². The van der Waals surface area contributed by atoms with Gasteiger partial charge in [-0.05, 0) is 30.7 Å². The number of rotatable bonds is 6. The largest absolute Gasteiger partial charge is 0.324 e. The summed E-state index contributed by atoms with van der Waals surface area (Å²) in [6.45, 7) is 2.58. The Kier molecular flexibility index (Phi) is 5.14. The lowest BCUT2D eigenvalue weighted by atomic mass is 10.0. The van der Waals surface area contributed by atoms with Crippen LogP contribution < -0.4 is 0 Å². The second-order valence-electron chi connectivity index (χ2n) is 6.35. The van der Waals surface area contributed by atoms with Crippen LogP contribution in [0.5, 0.6) is 0 Å². The van der Waals surface area contributed by atoms with Gasteiger partial charge in [-0.15, -0.1) is 0 Å². The van der Waals surface area contributed by atoms with E-state index in [-0.39, 0.29) is 5.69 Å². The Morgan fingerprint density at radius 3 is 2.57 bits per heavy atom. The first kappa shape index (κ1) is 17.9. The highest BCUT2D eigenvalue weighted by Gasteiger charge is 2.16. The van der Waals surface area contributed by atoms with E-state index in [1.807, 2.05) is 22.9 Å². The summed E-state index contributed by atoms with van der Waals surface area (Å²) in [5.74, 6) is 0.0773. The smallest absolute Gasteiger partial charge is 0.162 e. The summed E-state index contributed by atoms with van der Waals surface area (Å²) in [5.41, 5.74) is 4.10. The van der Waals surface area contributed by atoms with Crippen LogP contribution in [0.4, 0.5) is 4.39 Å². The van der Waals surface area contributed by atoms with Crippen LogP contribution in [-0.2, 0) is 13.0 Å². The fraction of sp³-hybridized carbons (Fsp3) is 0.190. The van der Waals surface area contributed by atoms with Gasteiger partial charge in [0.2, 0.25) is 0 Å². The monoisotopic (exact) mass is 374 g/mol. The molecule has 4 aromatic rings. The van der Waals surface area contributed by atoms with E-state index in [1.165, 1.54) is 6.07 Å². The van der Waals surface area contributed by atoms with Crippen LogP contribution in [0.25, 0.3) is 22.8 Å². The fourth-order valence-electron chi connectivity index (χ4n) is 3.22. The van der Waals surface area contributed by atoms with Crippen LogP contribution in [0, 0.1) is 5.82 Å². The molecule has 0 radical (unpaired) electrons. The molecule has 0 saturated heterocycles. The van der Waals surface area contributed by atoms with Crippen molar-refractivity contribution in [1.29, 1.82) is 0 Å². The van der Waals surface area contributed by atoms with Crippen molar-refractivity contribution in [2.45, 2.75) is 26.3 Å². The quantitative estimate of drug-likeness (QED) is 0.511. The van der Waals surface area contributed by atoms with Gasteiger partial charge >= 0.3 is 0 Å². The molecule has 0 aliphatic heterocycles. The Morgan fingerprint density at radius 1 is 0.929 bits per heavy atom. The maximum atomic E-state index is 14.2. The molecule has 28 heavy (non-hydrogen) atoms. The van der Waals surface area contributed by atoms with E-state index in [0.717, 1.165) is 35.4 Å². The van der Waals surface area contributed by atoms with Gasteiger partial charge in [0.1, 0.15) is 12.0 Å². The SMILES string of the molecule is CCCc1c(Cn2ccnc2-c2ncccc2F)ncnc1-c1ccncc1. The molecule has 0 aromatic carbocycles. The van der Waals surface area contributed by atoms with E-state index < -0.39 is 5.82 Å². The van der Waals surface area contributed by atoms with E-state index in [0.29, 0.717) is 12.4 Å². The number of aromatic nitrogens is 6. The molecule has 0 bridgehead atoms. The van der Waals surface area contributed by atoms with Crippen LogP contribution in [-0.4, -0.2) is 29.5 Å². The third kappa shape index (κ3) is 3.51. The zero-order chi connectivity index (χ0) is 19.3. The summed E-state index contributed by atoms with van der Waals surface area (Å²) in [6, 6.07) is 6.83. The van der Waals surface area contributed by atoms with Crippen molar-refractivity contribution in [3.05, 3.63) is 78.7 Å². The van der Waals surface area contributed by atoms with E-state index >= 15 is 0 Å². The highest BCUT2D eigenvalue weighted by Crippen LogP contribution is 2.26. The van der Waals surface area contributed by atoms with Crippen molar-refractivity contribution >= 4 is 0 Å². The molecular formula is C21H19FN6. The molecule has 0 aliphatic rings. The van der Waals surface area contributed by atoms with Gasteiger partial charge in [-0.2, -0.15) is 0 Å². The molecule has 0 aliphatic carbocycles. The van der Waals surface area contributed by atoms with Crippen LogP contribution in [0.1, 0.15) is 24.6 Å². The number of imidazole rings is 1. The third-order valence-electron chi connectivity index (χ3n) is 4.49. The molecule has 6 nitrogen and oxygen atoms in total. The van der Waals surface area contributed by atoms with E-state index in [1.54, 1.807) is 37.2 Å². The maximum absolute atomic E-state index is 14.2. The highest BCUT2D eigenvalue weighted by molar-refractivity contribution is 5.63. The van der Waals surface area contributed by atoms with Crippen molar-refractivity contribution in [2.75, 3.05) is 0 Å². The molecular weight excluding hydrogens is 355 g/mol. The molecule has 0 amide bonds. The second kappa shape index (κ2) is 8.04. The van der Waals surface area contributed by atoms with E-state index in [9.17, 15) is 4.39 Å². The van der Waals surface area contributed by atoms with Gasteiger partial charge in [0.15, 0.2) is 11.6 Å². The predicted octanol–water partition coefficient (Wildman–Crippen LogP) is 3.94. The first-order chi connectivity index (χ1) is 13.8. The second-order valence-corrected chi connectivity index (χ2v) is 6.35. The van der Waals surface area contributed by atoms with Crippen molar-refractivity contribution in [1.82, 2.24) is 29.5 Å². The standard InChI is InChI=1S/C21H19FN6/c1-2-4-16-18(26-14-27-19(16)15-6-9-23-10-7-15)13-28-12-11-25-21(28)20-17(22)5-3-8-24-20/h3,5-12,14H,2,4,13H2,1H3. The number of pyridine rings is 2. The van der Waals surface area contributed by atoms with Crippen molar-refractivity contribution in [3.63, 3.8) is 0 Å². The summed E-state index contributed by atoms with van der Waals surface area (Å²) < 4.78 is 16.1. The zero-order valence-corrected chi connectivity index (χ0v) is 15.5. The molecule has 140 valence electrons. The molecule has 7 heteroatoms. The highest BCUT2D eigenvalue weighted by atomic mass is 19.1. The molecule has 0 atom stereocenters. The Labute approximate surface area is 162 Å². The minimum Gasteiger partial charge on any atom is -0.324 e. The Hall–Kier alpha value is -3.48. The molecule has 0 saturated carbocycles. The van der Waals surface area contributed by atoms with Crippen LogP contribution >= 0.6 is 0 Å². The summed E-state index contributed by atoms with van der Waals surface area (Å²) in [5, 5.41) is 0. The van der Waals surface area contributed by atoms with E-state index in [4.69, 9.17) is 0 Å². The van der Waals surface area contributed by atoms with Crippen LogP contribution in [0.3, 0.4) is 0 Å². The van der Waals surface area contributed by atoms with Gasteiger partial charge in [0.25, 0.3) is 0 Å². The molecule has 4 rings (SSSR count). The Bertz CT molecular complexity index is 1080. The first-order valence-corrected chi connectivity index (χ1v) is 9.13. The number of hydrogen-bond acceptors (Lipinski definition) is 5. The van der Waals surface area contributed by atoms with Crippen molar-refractivity contribution in [2.24, 2.45) is 0 Å². The molecule has 0 unspecified atom stereocenters. The third-order valence-corrected chi connectivity index (χ3v) is 4.49. The van der Waals surface area contributed by atoms with Crippen molar-refractivity contribution in [3.8, 4) is 22.8 Å². The summed E-state index contributed by atoms with van der Waals surface area (Å²) in [6.07, 6.45) is 11.9. The average Bonchev–Trinajstić information content (AvgIpc) is 3.18. The van der Waals surface area contributed by atoms with Gasteiger partial charge in [-0.3, -0.25) is 4.98 Å². The predicted molar refractivity (Wildman–Crippen MR) is 104 cm³/mol. The molecule has 4 heterocycles. The molecule has 0 fully saturated rings.